The lowest BCUT2D eigenvalue weighted by Gasteiger charge is -2.56. The normalized spacial score (nSPS) is 34.1. The highest BCUT2D eigenvalue weighted by molar-refractivity contribution is 5.98. The van der Waals surface area contributed by atoms with Crippen molar-refractivity contribution in [1.82, 2.24) is 10.2 Å². The Morgan fingerprint density at radius 1 is 0.967 bits per heavy atom. The first-order valence-corrected chi connectivity index (χ1v) is 11.4. The molecule has 6 heteroatoms. The van der Waals surface area contributed by atoms with Gasteiger partial charge < -0.3 is 15.5 Å². The lowest BCUT2D eigenvalue weighted by atomic mass is 9.53. The molecule has 4 bridgehead atoms. The molecule has 1 atom stereocenters. The first-order chi connectivity index (χ1) is 14.4. The molecule has 1 saturated heterocycles. The Labute approximate surface area is 177 Å². The Hall–Kier alpha value is -2.37. The fraction of sp³-hybridized carbons (Fsp3) is 0.625. The highest BCUT2D eigenvalue weighted by atomic mass is 16.2. The molecule has 0 aromatic heterocycles. The zero-order valence-electron chi connectivity index (χ0n) is 17.7. The van der Waals surface area contributed by atoms with Gasteiger partial charge >= 0.3 is 0 Å². The molecule has 30 heavy (non-hydrogen) atoms. The number of hydrogen-bond acceptors (Lipinski definition) is 3. The summed E-state index contributed by atoms with van der Waals surface area (Å²) in [5, 5.41) is 6.29. The predicted molar refractivity (Wildman–Crippen MR) is 114 cm³/mol. The van der Waals surface area contributed by atoms with Gasteiger partial charge in [0.05, 0.1) is 0 Å². The van der Waals surface area contributed by atoms with Gasteiger partial charge in [0, 0.05) is 30.3 Å². The Kier molecular flexibility index (Phi) is 4.83. The van der Waals surface area contributed by atoms with Gasteiger partial charge in [-0.3, -0.25) is 14.4 Å². The second kappa shape index (κ2) is 7.40. The number of benzene rings is 1. The molecule has 160 valence electrons. The molecular weight excluding hydrogens is 378 g/mol. The van der Waals surface area contributed by atoms with Crippen LogP contribution >= 0.6 is 0 Å². The summed E-state index contributed by atoms with van der Waals surface area (Å²) in [4.78, 5) is 38.9. The van der Waals surface area contributed by atoms with E-state index in [0.717, 1.165) is 43.4 Å². The van der Waals surface area contributed by atoms with Gasteiger partial charge in [-0.15, -0.1) is 0 Å². The van der Waals surface area contributed by atoms with E-state index in [1.165, 1.54) is 26.2 Å². The zero-order chi connectivity index (χ0) is 20.9. The average molecular weight is 410 g/mol. The quantitative estimate of drug-likeness (QED) is 0.801. The number of likely N-dealkylation sites (tertiary alicyclic amines) is 1. The van der Waals surface area contributed by atoms with Gasteiger partial charge in [0.1, 0.15) is 6.04 Å². The molecule has 3 amide bonds. The summed E-state index contributed by atoms with van der Waals surface area (Å²) >= 11 is 0. The molecule has 4 aliphatic carbocycles. The second-order valence-corrected chi connectivity index (χ2v) is 10.1. The smallest absolute Gasteiger partial charge is 0.251 e. The third kappa shape index (κ3) is 3.61. The van der Waals surface area contributed by atoms with Crippen molar-refractivity contribution in [3.8, 4) is 0 Å². The molecule has 6 nitrogen and oxygen atoms in total. The summed E-state index contributed by atoms with van der Waals surface area (Å²) < 4.78 is 0. The lowest BCUT2D eigenvalue weighted by molar-refractivity contribution is -0.134. The molecule has 5 fully saturated rings. The van der Waals surface area contributed by atoms with Crippen LogP contribution in [-0.2, 0) is 9.59 Å². The first kappa shape index (κ1) is 19.6. The van der Waals surface area contributed by atoms with Gasteiger partial charge in [-0.1, -0.05) is 0 Å². The van der Waals surface area contributed by atoms with Gasteiger partial charge in [-0.05, 0) is 93.4 Å². The predicted octanol–water partition coefficient (Wildman–Crippen LogP) is 3.33. The standard InChI is InChI=1S/C24H31N3O3/c1-15(28)27-8-2-3-21(27)23(30)25-20-6-4-19(5-7-20)22(29)26-24-12-16-9-17(13-24)11-18(10-16)14-24/h4-7,16-18,21H,2-3,8-14H2,1H3,(H,25,30)(H,26,29)/t16?,17?,18?,21-,24?/m1/s1. The molecule has 1 aromatic carbocycles. The zero-order valence-corrected chi connectivity index (χ0v) is 17.7. The van der Waals surface area contributed by atoms with Crippen LogP contribution in [0.4, 0.5) is 5.69 Å². The highest BCUT2D eigenvalue weighted by Gasteiger charge is 2.51. The number of hydrogen-bond donors (Lipinski definition) is 2. The number of carbonyl (C=O) groups is 3. The van der Waals surface area contributed by atoms with E-state index < -0.39 is 6.04 Å². The van der Waals surface area contributed by atoms with Gasteiger partial charge in [0.25, 0.3) is 5.91 Å². The van der Waals surface area contributed by atoms with Crippen LogP contribution in [0.1, 0.15) is 68.6 Å². The van der Waals surface area contributed by atoms with Crippen molar-refractivity contribution in [2.75, 3.05) is 11.9 Å². The molecule has 4 saturated carbocycles. The van der Waals surface area contributed by atoms with Crippen LogP contribution in [0.25, 0.3) is 0 Å². The number of rotatable bonds is 4. The highest BCUT2D eigenvalue weighted by Crippen LogP contribution is 2.55. The van der Waals surface area contributed by atoms with E-state index >= 15 is 0 Å². The summed E-state index contributed by atoms with van der Waals surface area (Å²) in [6.45, 7) is 2.14. The van der Waals surface area contributed by atoms with E-state index in [1.807, 2.05) is 0 Å². The van der Waals surface area contributed by atoms with E-state index in [1.54, 1.807) is 29.2 Å². The molecule has 1 aromatic rings. The fourth-order valence-corrected chi connectivity index (χ4v) is 6.92. The molecule has 0 unspecified atom stereocenters. The lowest BCUT2D eigenvalue weighted by Crippen LogP contribution is -2.59. The van der Waals surface area contributed by atoms with Crippen LogP contribution < -0.4 is 10.6 Å². The minimum absolute atomic E-state index is 0.00264. The van der Waals surface area contributed by atoms with Crippen LogP contribution in [0, 0.1) is 17.8 Å². The van der Waals surface area contributed by atoms with Crippen LogP contribution in [0.5, 0.6) is 0 Å². The van der Waals surface area contributed by atoms with Crippen molar-refractivity contribution < 1.29 is 14.4 Å². The average Bonchev–Trinajstić information content (AvgIpc) is 3.17. The number of anilines is 1. The topological polar surface area (TPSA) is 78.5 Å². The Morgan fingerprint density at radius 2 is 1.57 bits per heavy atom. The van der Waals surface area contributed by atoms with Crippen LogP contribution in [0.15, 0.2) is 24.3 Å². The van der Waals surface area contributed by atoms with Crippen LogP contribution in [0.2, 0.25) is 0 Å². The van der Waals surface area contributed by atoms with Crippen molar-refractivity contribution in [2.45, 2.75) is 69.9 Å². The monoisotopic (exact) mass is 409 g/mol. The number of nitrogens with zero attached hydrogens (tertiary/aromatic N) is 1. The molecule has 0 spiro atoms. The van der Waals surface area contributed by atoms with Gasteiger partial charge in [-0.25, -0.2) is 0 Å². The van der Waals surface area contributed by atoms with Gasteiger partial charge in [0.2, 0.25) is 11.8 Å². The summed E-state index contributed by atoms with van der Waals surface area (Å²) in [7, 11) is 0. The third-order valence-electron chi connectivity index (χ3n) is 7.79. The molecule has 2 N–H and O–H groups in total. The fourth-order valence-electron chi connectivity index (χ4n) is 6.92. The van der Waals surface area contributed by atoms with Crippen molar-refractivity contribution in [3.63, 3.8) is 0 Å². The van der Waals surface area contributed by atoms with Crippen molar-refractivity contribution in [1.29, 1.82) is 0 Å². The maximum Gasteiger partial charge on any atom is 0.251 e. The largest absolute Gasteiger partial charge is 0.347 e. The van der Waals surface area contributed by atoms with E-state index in [9.17, 15) is 14.4 Å². The molecule has 5 aliphatic rings. The number of carbonyl (C=O) groups excluding carboxylic acids is 3. The SMILES string of the molecule is CC(=O)N1CCC[C@@H]1C(=O)Nc1ccc(C(=O)NC23CC4CC(CC(C4)C2)C3)cc1. The summed E-state index contributed by atoms with van der Waals surface area (Å²) in [5.74, 6) is 2.14. The van der Waals surface area contributed by atoms with Crippen molar-refractivity contribution >= 4 is 23.4 Å². The maximum absolute atomic E-state index is 12.9. The summed E-state index contributed by atoms with van der Waals surface area (Å²) in [6, 6.07) is 6.71. The molecule has 6 rings (SSSR count). The third-order valence-corrected chi connectivity index (χ3v) is 7.79. The summed E-state index contributed by atoms with van der Waals surface area (Å²) in [6.07, 6.45) is 8.99. The van der Waals surface area contributed by atoms with E-state index in [2.05, 4.69) is 10.6 Å². The minimum atomic E-state index is -0.401. The second-order valence-electron chi connectivity index (χ2n) is 10.1. The molecule has 1 aliphatic heterocycles. The van der Waals surface area contributed by atoms with E-state index in [4.69, 9.17) is 0 Å². The van der Waals surface area contributed by atoms with Crippen molar-refractivity contribution in [3.05, 3.63) is 29.8 Å². The van der Waals surface area contributed by atoms with E-state index in [0.29, 0.717) is 24.2 Å². The first-order valence-electron chi connectivity index (χ1n) is 11.4. The Morgan fingerprint density at radius 3 is 2.13 bits per heavy atom. The van der Waals surface area contributed by atoms with Crippen LogP contribution in [0.3, 0.4) is 0 Å². The molecule has 1 heterocycles. The van der Waals surface area contributed by atoms with Gasteiger partial charge in [0.15, 0.2) is 0 Å². The summed E-state index contributed by atoms with van der Waals surface area (Å²) in [5.41, 5.74) is 1.29. The van der Waals surface area contributed by atoms with Crippen LogP contribution in [-0.4, -0.2) is 40.7 Å². The van der Waals surface area contributed by atoms with Crippen molar-refractivity contribution in [2.24, 2.45) is 17.8 Å². The maximum atomic E-state index is 12.9. The molecule has 0 radical (unpaired) electrons. The number of amides is 3. The minimum Gasteiger partial charge on any atom is -0.347 e. The molecular formula is C24H31N3O3. The Bertz CT molecular complexity index is 828. The Balaban J connectivity index is 1.21. The van der Waals surface area contributed by atoms with Gasteiger partial charge in [-0.2, -0.15) is 0 Å². The van der Waals surface area contributed by atoms with E-state index in [-0.39, 0.29) is 23.3 Å². The number of nitrogens with one attached hydrogen (secondary N) is 2.